The third-order valence-corrected chi connectivity index (χ3v) is 4.96. The van der Waals surface area contributed by atoms with Crippen LogP contribution in [0.3, 0.4) is 0 Å². The number of pyridine rings is 1. The number of hydrogen-bond acceptors (Lipinski definition) is 7. The highest BCUT2D eigenvalue weighted by Gasteiger charge is 2.35. The van der Waals surface area contributed by atoms with Crippen molar-refractivity contribution < 1.29 is 9.26 Å². The van der Waals surface area contributed by atoms with Gasteiger partial charge in [0.25, 0.3) is 0 Å². The fourth-order valence-electron chi connectivity index (χ4n) is 3.67. The molecule has 2 aromatic heterocycles. The summed E-state index contributed by atoms with van der Waals surface area (Å²) in [4.78, 5) is 11.5. The first-order valence-corrected chi connectivity index (χ1v) is 8.66. The van der Waals surface area contributed by atoms with Gasteiger partial charge in [0.05, 0.1) is 6.04 Å². The maximum Gasteiger partial charge on any atom is 0.244 e. The van der Waals surface area contributed by atoms with Gasteiger partial charge in [0.1, 0.15) is 5.82 Å². The van der Waals surface area contributed by atoms with Gasteiger partial charge in [-0.3, -0.25) is 4.90 Å². The van der Waals surface area contributed by atoms with Crippen molar-refractivity contribution in [2.75, 3.05) is 32.1 Å². The van der Waals surface area contributed by atoms with Gasteiger partial charge in [-0.2, -0.15) is 4.98 Å². The molecule has 0 amide bonds. The summed E-state index contributed by atoms with van der Waals surface area (Å²) in [6, 6.07) is 4.67. The van der Waals surface area contributed by atoms with Crippen LogP contribution in [0, 0.1) is 0 Å². The number of anilines is 1. The Morgan fingerprint density at radius 1 is 1.21 bits per heavy atom. The smallest absolute Gasteiger partial charge is 0.244 e. The first-order valence-electron chi connectivity index (χ1n) is 8.66. The van der Waals surface area contributed by atoms with Gasteiger partial charge in [-0.05, 0) is 44.4 Å². The van der Waals surface area contributed by atoms with Crippen LogP contribution in [0.4, 0.5) is 5.82 Å². The second-order valence-electron chi connectivity index (χ2n) is 6.38. The van der Waals surface area contributed by atoms with E-state index in [1.54, 1.807) is 6.20 Å². The summed E-state index contributed by atoms with van der Waals surface area (Å²) < 4.78 is 11.1. The van der Waals surface area contributed by atoms with Gasteiger partial charge in [-0.25, -0.2) is 4.98 Å². The Balaban J connectivity index is 1.52. The second-order valence-corrected chi connectivity index (χ2v) is 6.38. The zero-order valence-corrected chi connectivity index (χ0v) is 13.9. The Bertz CT molecular complexity index is 666. The number of likely N-dealkylation sites (tertiary alicyclic amines) is 1. The topological polar surface area (TPSA) is 76.3 Å². The molecule has 0 aliphatic carbocycles. The molecular weight excluding hydrogens is 306 g/mol. The minimum absolute atomic E-state index is 0.235. The summed E-state index contributed by atoms with van der Waals surface area (Å²) in [6.07, 6.45) is 6.21. The lowest BCUT2D eigenvalue weighted by Crippen LogP contribution is -2.39. The van der Waals surface area contributed by atoms with Crippen molar-refractivity contribution in [3.8, 4) is 11.4 Å². The monoisotopic (exact) mass is 329 g/mol. The van der Waals surface area contributed by atoms with Crippen LogP contribution in [0.1, 0.15) is 37.6 Å². The third kappa shape index (κ3) is 3.01. The first kappa shape index (κ1) is 15.5. The average molecular weight is 329 g/mol. The van der Waals surface area contributed by atoms with E-state index in [0.717, 1.165) is 56.3 Å². The Morgan fingerprint density at radius 3 is 2.83 bits per heavy atom. The van der Waals surface area contributed by atoms with E-state index in [9.17, 15) is 0 Å². The van der Waals surface area contributed by atoms with Crippen LogP contribution in [-0.4, -0.2) is 52.9 Å². The van der Waals surface area contributed by atoms with E-state index in [4.69, 9.17) is 9.26 Å². The largest absolute Gasteiger partial charge is 0.381 e. The summed E-state index contributed by atoms with van der Waals surface area (Å²) in [5.74, 6) is 2.16. The van der Waals surface area contributed by atoms with Crippen molar-refractivity contribution in [1.29, 1.82) is 0 Å². The molecule has 128 valence electrons. The van der Waals surface area contributed by atoms with Crippen LogP contribution in [-0.2, 0) is 4.74 Å². The van der Waals surface area contributed by atoms with E-state index in [1.807, 2.05) is 19.2 Å². The van der Waals surface area contributed by atoms with E-state index in [-0.39, 0.29) is 6.04 Å². The predicted octanol–water partition coefficient (Wildman–Crippen LogP) is 2.49. The lowest BCUT2D eigenvalue weighted by Gasteiger charge is -2.33. The number of rotatable bonds is 4. The maximum absolute atomic E-state index is 5.60. The fourth-order valence-corrected chi connectivity index (χ4v) is 3.67. The summed E-state index contributed by atoms with van der Waals surface area (Å²) in [7, 11) is 1.85. The van der Waals surface area contributed by atoms with Crippen LogP contribution in [0.25, 0.3) is 11.4 Å². The number of ether oxygens (including phenoxy) is 1. The molecule has 24 heavy (non-hydrogen) atoms. The molecule has 4 heterocycles. The Labute approximate surface area is 141 Å². The highest BCUT2D eigenvalue weighted by atomic mass is 16.5. The van der Waals surface area contributed by atoms with E-state index in [1.165, 1.54) is 6.42 Å². The fraction of sp³-hybridized carbons (Fsp3) is 0.588. The Kier molecular flexibility index (Phi) is 4.44. The molecule has 0 saturated carbocycles. The Hall–Kier alpha value is -1.99. The van der Waals surface area contributed by atoms with Gasteiger partial charge < -0.3 is 14.6 Å². The molecule has 4 rings (SSSR count). The molecule has 2 fully saturated rings. The summed E-state index contributed by atoms with van der Waals surface area (Å²) >= 11 is 0. The molecule has 2 aromatic rings. The normalized spacial score (nSPS) is 22.8. The first-order chi connectivity index (χ1) is 11.8. The van der Waals surface area contributed by atoms with Gasteiger partial charge >= 0.3 is 0 Å². The minimum Gasteiger partial charge on any atom is -0.381 e. The zero-order valence-electron chi connectivity index (χ0n) is 13.9. The van der Waals surface area contributed by atoms with Crippen LogP contribution in [0.5, 0.6) is 0 Å². The van der Waals surface area contributed by atoms with Crippen molar-refractivity contribution in [2.24, 2.45) is 0 Å². The molecule has 0 bridgehead atoms. The van der Waals surface area contributed by atoms with Crippen molar-refractivity contribution >= 4 is 5.82 Å². The molecule has 0 unspecified atom stereocenters. The number of aromatic nitrogens is 3. The number of hydrogen-bond donors (Lipinski definition) is 1. The van der Waals surface area contributed by atoms with E-state index in [2.05, 4.69) is 25.3 Å². The quantitative estimate of drug-likeness (QED) is 0.923. The molecule has 1 N–H and O–H groups in total. The van der Waals surface area contributed by atoms with Crippen molar-refractivity contribution in [2.45, 2.75) is 37.8 Å². The van der Waals surface area contributed by atoms with Crippen LogP contribution in [0.15, 0.2) is 22.9 Å². The summed E-state index contributed by atoms with van der Waals surface area (Å²) in [5.41, 5.74) is 0.875. The maximum atomic E-state index is 5.60. The molecule has 1 atom stereocenters. The predicted molar refractivity (Wildman–Crippen MR) is 89.6 cm³/mol. The second kappa shape index (κ2) is 6.86. The van der Waals surface area contributed by atoms with Crippen LogP contribution >= 0.6 is 0 Å². The molecule has 0 radical (unpaired) electrons. The van der Waals surface area contributed by atoms with Gasteiger partial charge in [-0.1, -0.05) is 5.16 Å². The zero-order chi connectivity index (χ0) is 16.4. The summed E-state index contributed by atoms with van der Waals surface area (Å²) in [5, 5.41) is 7.17. The lowest BCUT2D eigenvalue weighted by molar-refractivity contribution is 0.0243. The molecule has 7 nitrogen and oxygen atoms in total. The molecule has 2 aliphatic heterocycles. The van der Waals surface area contributed by atoms with Crippen LogP contribution < -0.4 is 5.32 Å². The number of nitrogens with one attached hydrogen (secondary N) is 1. The average Bonchev–Trinajstić information content (AvgIpc) is 3.32. The van der Waals surface area contributed by atoms with E-state index < -0.39 is 0 Å². The van der Waals surface area contributed by atoms with Gasteiger partial charge in [-0.15, -0.1) is 0 Å². The third-order valence-electron chi connectivity index (χ3n) is 4.96. The SMILES string of the molecule is CNc1ccc(-c2noc([C@@H]3CCCN3C3CCOCC3)n2)cn1. The van der Waals surface area contributed by atoms with Crippen LogP contribution in [0.2, 0.25) is 0 Å². The van der Waals surface area contributed by atoms with Gasteiger partial charge in [0.2, 0.25) is 11.7 Å². The standard InChI is InChI=1S/C17H23N5O2/c1-18-15-5-4-12(11-19-15)16-20-17(24-21-16)14-3-2-8-22(14)13-6-9-23-10-7-13/h4-5,11,13-14H,2-3,6-10H2,1H3,(H,18,19)/t14-/m0/s1. The van der Waals surface area contributed by atoms with Crippen molar-refractivity contribution in [3.63, 3.8) is 0 Å². The molecule has 7 heteroatoms. The highest BCUT2D eigenvalue weighted by molar-refractivity contribution is 5.55. The summed E-state index contributed by atoms with van der Waals surface area (Å²) in [6.45, 7) is 2.81. The molecule has 2 aliphatic rings. The van der Waals surface area contributed by atoms with Gasteiger partial charge in [0, 0.05) is 38.1 Å². The molecular formula is C17H23N5O2. The minimum atomic E-state index is 0.235. The Morgan fingerprint density at radius 2 is 2.08 bits per heavy atom. The molecule has 2 saturated heterocycles. The van der Waals surface area contributed by atoms with E-state index in [0.29, 0.717) is 11.9 Å². The van der Waals surface area contributed by atoms with Gasteiger partial charge in [0.15, 0.2) is 0 Å². The molecule has 0 aromatic carbocycles. The highest BCUT2D eigenvalue weighted by Crippen LogP contribution is 2.35. The lowest BCUT2D eigenvalue weighted by atomic mass is 10.1. The van der Waals surface area contributed by atoms with Crippen molar-refractivity contribution in [3.05, 3.63) is 24.2 Å². The van der Waals surface area contributed by atoms with Crippen molar-refractivity contribution in [1.82, 2.24) is 20.0 Å². The molecule has 0 spiro atoms. The van der Waals surface area contributed by atoms with E-state index >= 15 is 0 Å². The number of nitrogens with zero attached hydrogens (tertiary/aromatic N) is 4.